The van der Waals surface area contributed by atoms with Crippen LogP contribution in [0.3, 0.4) is 0 Å². The first-order valence-corrected chi connectivity index (χ1v) is 5.94. The molecule has 1 aromatic carbocycles. The van der Waals surface area contributed by atoms with E-state index in [1.807, 2.05) is 6.07 Å². The average molecular weight is 215 g/mol. The molecule has 0 aliphatic rings. The number of benzene rings is 1. The minimum Gasteiger partial charge on any atom is -0.192 e. The summed E-state index contributed by atoms with van der Waals surface area (Å²) in [6.45, 7) is 10.8. The Morgan fingerprint density at radius 1 is 1.31 bits per heavy atom. The quantitative estimate of drug-likeness (QED) is 0.718. The molecule has 16 heavy (non-hydrogen) atoms. The van der Waals surface area contributed by atoms with Gasteiger partial charge in [-0.15, -0.1) is 0 Å². The van der Waals surface area contributed by atoms with Crippen LogP contribution in [0.15, 0.2) is 18.2 Å². The zero-order valence-corrected chi connectivity index (χ0v) is 11.0. The molecule has 0 spiro atoms. The first-order valence-electron chi connectivity index (χ1n) is 5.94. The van der Waals surface area contributed by atoms with Gasteiger partial charge in [-0.25, -0.2) is 0 Å². The van der Waals surface area contributed by atoms with Crippen LogP contribution in [0, 0.1) is 11.3 Å². The van der Waals surface area contributed by atoms with Gasteiger partial charge in [0.05, 0.1) is 11.6 Å². The molecule has 0 aliphatic heterocycles. The van der Waals surface area contributed by atoms with E-state index in [0.717, 1.165) is 12.0 Å². The van der Waals surface area contributed by atoms with Crippen molar-refractivity contribution >= 4 is 0 Å². The third-order valence-electron chi connectivity index (χ3n) is 3.18. The third kappa shape index (κ3) is 2.64. The van der Waals surface area contributed by atoms with Crippen molar-refractivity contribution in [1.29, 1.82) is 5.26 Å². The van der Waals surface area contributed by atoms with Gasteiger partial charge in [-0.2, -0.15) is 5.26 Å². The Morgan fingerprint density at radius 3 is 2.38 bits per heavy atom. The molecule has 1 nitrogen and oxygen atoms in total. The Hall–Kier alpha value is -1.29. The number of hydrogen-bond donors (Lipinski definition) is 0. The number of hydrogen-bond acceptors (Lipinski definition) is 1. The van der Waals surface area contributed by atoms with Crippen LogP contribution in [0.5, 0.6) is 0 Å². The van der Waals surface area contributed by atoms with Crippen molar-refractivity contribution in [2.24, 2.45) is 0 Å². The molecule has 0 aliphatic carbocycles. The molecule has 0 N–H and O–H groups in total. The molecule has 0 aromatic heterocycles. The Bertz CT molecular complexity index is 404. The Balaban J connectivity index is 3.24. The van der Waals surface area contributed by atoms with Crippen LogP contribution < -0.4 is 0 Å². The van der Waals surface area contributed by atoms with Gasteiger partial charge in [-0.05, 0) is 34.9 Å². The normalized spacial score (nSPS) is 13.2. The second kappa shape index (κ2) is 4.70. The van der Waals surface area contributed by atoms with Crippen molar-refractivity contribution in [2.75, 3.05) is 0 Å². The van der Waals surface area contributed by atoms with Crippen LogP contribution >= 0.6 is 0 Å². The van der Waals surface area contributed by atoms with E-state index in [0.29, 0.717) is 5.92 Å². The van der Waals surface area contributed by atoms with Gasteiger partial charge in [-0.3, -0.25) is 0 Å². The summed E-state index contributed by atoms with van der Waals surface area (Å²) in [6.07, 6.45) is 1.07. The fraction of sp³-hybridized carbons (Fsp3) is 0.533. The van der Waals surface area contributed by atoms with Crippen molar-refractivity contribution < 1.29 is 0 Å². The lowest BCUT2D eigenvalue weighted by atomic mass is 9.83. The smallest absolute Gasteiger partial charge is 0.0994 e. The lowest BCUT2D eigenvalue weighted by Gasteiger charge is -2.21. The molecule has 1 rings (SSSR count). The summed E-state index contributed by atoms with van der Waals surface area (Å²) in [6, 6.07) is 8.64. The van der Waals surface area contributed by atoms with Crippen LogP contribution in [0.2, 0.25) is 0 Å². The molecule has 1 heteroatoms. The first kappa shape index (κ1) is 12.8. The van der Waals surface area contributed by atoms with E-state index in [1.165, 1.54) is 11.1 Å². The molecule has 1 atom stereocenters. The lowest BCUT2D eigenvalue weighted by molar-refractivity contribution is 0.589. The van der Waals surface area contributed by atoms with Crippen molar-refractivity contribution in [3.63, 3.8) is 0 Å². The summed E-state index contributed by atoms with van der Waals surface area (Å²) in [5.41, 5.74) is 3.36. The second-order valence-corrected chi connectivity index (χ2v) is 5.47. The molecule has 0 saturated heterocycles. The monoisotopic (exact) mass is 215 g/mol. The molecule has 0 radical (unpaired) electrons. The largest absolute Gasteiger partial charge is 0.192 e. The minimum atomic E-state index is 0.111. The molecule has 0 saturated carbocycles. The standard InChI is InChI=1S/C15H21N/c1-6-11(2)14-8-7-13(15(3,4)5)9-12(14)10-16/h7-9,11H,6H2,1-5H3. The molecule has 0 bridgehead atoms. The first-order chi connectivity index (χ1) is 7.40. The molecule has 1 aromatic rings. The summed E-state index contributed by atoms with van der Waals surface area (Å²) < 4.78 is 0. The average Bonchev–Trinajstić information content (AvgIpc) is 2.26. The molecular formula is C15H21N. The van der Waals surface area contributed by atoms with E-state index >= 15 is 0 Å². The Kier molecular flexibility index (Phi) is 3.75. The van der Waals surface area contributed by atoms with Gasteiger partial charge in [0.1, 0.15) is 0 Å². The van der Waals surface area contributed by atoms with Gasteiger partial charge in [-0.1, -0.05) is 46.8 Å². The maximum atomic E-state index is 9.20. The topological polar surface area (TPSA) is 23.8 Å². The molecular weight excluding hydrogens is 194 g/mol. The van der Waals surface area contributed by atoms with E-state index in [1.54, 1.807) is 0 Å². The minimum absolute atomic E-state index is 0.111. The van der Waals surface area contributed by atoms with Gasteiger partial charge in [0.15, 0.2) is 0 Å². The van der Waals surface area contributed by atoms with E-state index < -0.39 is 0 Å². The zero-order chi connectivity index (χ0) is 12.3. The molecule has 0 heterocycles. The predicted octanol–water partition coefficient (Wildman–Crippen LogP) is 4.37. The van der Waals surface area contributed by atoms with Crippen molar-refractivity contribution in [3.8, 4) is 6.07 Å². The highest BCUT2D eigenvalue weighted by molar-refractivity contribution is 5.44. The lowest BCUT2D eigenvalue weighted by Crippen LogP contribution is -2.12. The van der Waals surface area contributed by atoms with Crippen LogP contribution in [0.4, 0.5) is 0 Å². The summed E-state index contributed by atoms with van der Waals surface area (Å²) in [5, 5.41) is 9.20. The van der Waals surface area contributed by atoms with E-state index in [-0.39, 0.29) is 5.41 Å². The fourth-order valence-corrected chi connectivity index (χ4v) is 1.77. The summed E-state index contributed by atoms with van der Waals surface area (Å²) in [5.74, 6) is 0.462. The van der Waals surface area contributed by atoms with Crippen LogP contribution in [0.1, 0.15) is 63.6 Å². The summed E-state index contributed by atoms with van der Waals surface area (Å²) in [4.78, 5) is 0. The van der Waals surface area contributed by atoms with Gasteiger partial charge >= 0.3 is 0 Å². The summed E-state index contributed by atoms with van der Waals surface area (Å²) in [7, 11) is 0. The van der Waals surface area contributed by atoms with Gasteiger partial charge in [0.25, 0.3) is 0 Å². The summed E-state index contributed by atoms with van der Waals surface area (Å²) >= 11 is 0. The molecule has 86 valence electrons. The number of nitrogens with zero attached hydrogens (tertiary/aromatic N) is 1. The van der Waals surface area contributed by atoms with Gasteiger partial charge in [0.2, 0.25) is 0 Å². The Labute approximate surface area is 99.1 Å². The highest BCUT2D eigenvalue weighted by atomic mass is 14.3. The number of nitriles is 1. The molecule has 0 fully saturated rings. The number of rotatable bonds is 2. The van der Waals surface area contributed by atoms with E-state index in [2.05, 4.69) is 52.8 Å². The van der Waals surface area contributed by atoms with E-state index in [9.17, 15) is 5.26 Å². The Morgan fingerprint density at radius 2 is 1.94 bits per heavy atom. The van der Waals surface area contributed by atoms with E-state index in [4.69, 9.17) is 0 Å². The van der Waals surface area contributed by atoms with Crippen LogP contribution in [-0.2, 0) is 5.41 Å². The molecule has 0 amide bonds. The highest BCUT2D eigenvalue weighted by Crippen LogP contribution is 2.28. The van der Waals surface area contributed by atoms with Crippen LogP contribution in [-0.4, -0.2) is 0 Å². The van der Waals surface area contributed by atoms with Crippen LogP contribution in [0.25, 0.3) is 0 Å². The predicted molar refractivity (Wildman–Crippen MR) is 68.6 cm³/mol. The van der Waals surface area contributed by atoms with Gasteiger partial charge in [0, 0.05) is 0 Å². The third-order valence-corrected chi connectivity index (χ3v) is 3.18. The maximum Gasteiger partial charge on any atom is 0.0994 e. The van der Waals surface area contributed by atoms with Crippen molar-refractivity contribution in [1.82, 2.24) is 0 Å². The highest BCUT2D eigenvalue weighted by Gasteiger charge is 2.16. The SMILES string of the molecule is CCC(C)c1ccc(C(C)(C)C)cc1C#N. The maximum absolute atomic E-state index is 9.20. The second-order valence-electron chi connectivity index (χ2n) is 5.47. The molecule has 1 unspecified atom stereocenters. The van der Waals surface area contributed by atoms with Gasteiger partial charge < -0.3 is 0 Å². The fourth-order valence-electron chi connectivity index (χ4n) is 1.77. The van der Waals surface area contributed by atoms with Crippen molar-refractivity contribution in [3.05, 3.63) is 34.9 Å². The van der Waals surface area contributed by atoms with Crippen molar-refractivity contribution in [2.45, 2.75) is 52.4 Å². The zero-order valence-electron chi connectivity index (χ0n) is 11.0.